The van der Waals surface area contributed by atoms with Crippen molar-refractivity contribution in [3.8, 4) is 203 Å². The lowest BCUT2D eigenvalue weighted by atomic mass is 9.70. The first-order valence-corrected chi connectivity index (χ1v) is 50.0. The van der Waals surface area contributed by atoms with E-state index in [0.717, 1.165) is 83.5 Å². The molecule has 0 bridgehead atoms. The number of benzene rings is 21. The van der Waals surface area contributed by atoms with Crippen LogP contribution in [0.2, 0.25) is 0 Å². The lowest BCUT2D eigenvalue weighted by molar-refractivity contribution is 0.794. The normalized spacial score (nSPS) is 13.2. The first kappa shape index (κ1) is 84.5. The molecule has 9 heteroatoms. The fourth-order valence-electron chi connectivity index (χ4n) is 24.3. The maximum Gasteiger partial charge on any atom is 0.164 e. The van der Waals surface area contributed by atoms with Gasteiger partial charge in [-0.3, -0.25) is 0 Å². The van der Waals surface area contributed by atoms with Crippen LogP contribution in [0.25, 0.3) is 203 Å². The third kappa shape index (κ3) is 13.7. The second-order valence-corrected chi connectivity index (χ2v) is 38.1. The zero-order chi connectivity index (χ0) is 98.0. The number of rotatable bonds is 12. The van der Waals surface area contributed by atoms with Gasteiger partial charge in [-0.2, -0.15) is 0 Å². The summed E-state index contributed by atoms with van der Waals surface area (Å²) < 4.78 is 8.73. The average molecular weight is 1870 g/mol. The predicted molar refractivity (Wildman–Crippen MR) is 594 cm³/mol. The summed E-state index contributed by atoms with van der Waals surface area (Å²) in [6.45, 7) is 0. The molecule has 9 nitrogen and oxygen atoms in total. The molecule has 0 saturated heterocycles. The second kappa shape index (κ2) is 35.1. The summed E-state index contributed by atoms with van der Waals surface area (Å²) >= 11 is 0. The van der Waals surface area contributed by atoms with Crippen LogP contribution in [0.4, 0.5) is 0 Å². The van der Waals surface area contributed by atoms with Crippen molar-refractivity contribution in [3.63, 3.8) is 0 Å². The highest BCUT2D eigenvalue weighted by molar-refractivity contribution is 6.04. The van der Waals surface area contributed by atoms with Gasteiger partial charge in [0.2, 0.25) is 0 Å². The third-order valence-electron chi connectivity index (χ3n) is 30.4. The minimum Gasteiger partial charge on any atom is -0.208 e. The fraction of sp³-hybridized carbons (Fsp3) is 0.0217. The van der Waals surface area contributed by atoms with Crippen molar-refractivity contribution in [1.29, 1.82) is 0 Å². The topological polar surface area (TPSA) is 116 Å². The van der Waals surface area contributed by atoms with Gasteiger partial charge in [-0.1, -0.05) is 516 Å². The molecule has 0 radical (unpaired) electrons. The van der Waals surface area contributed by atoms with E-state index in [1.807, 2.05) is 109 Å². The number of hydrogen-bond acceptors (Lipinski definition) is 9. The molecular formula is C138H87N9. The zero-order valence-corrected chi connectivity index (χ0v) is 79.7. The maximum absolute atomic E-state index is 8.73. The number of aromatic nitrogens is 9. The van der Waals surface area contributed by atoms with Crippen LogP contribution < -0.4 is 0 Å². The summed E-state index contributed by atoms with van der Waals surface area (Å²) in [5.74, 6) is 5.68. The molecule has 0 N–H and O–H groups in total. The van der Waals surface area contributed by atoms with E-state index in [0.29, 0.717) is 58.5 Å². The van der Waals surface area contributed by atoms with Crippen molar-refractivity contribution in [1.82, 2.24) is 44.9 Å². The highest BCUT2D eigenvalue weighted by Crippen LogP contribution is 2.68. The van der Waals surface area contributed by atoms with E-state index < -0.39 is 16.2 Å². The Bertz CT molecular complexity index is 9290. The molecule has 6 aliphatic carbocycles. The SMILES string of the molecule is [2H]c1cc(-c2ccccc2)cc(-c2nc(-c3ccccc3)nc(-c3cccc4c3-c3ccccc3C43c4ccccc4-c4ccccc43)n2)c1.c1ccc(-c2ccc(-c3nc(-c4ccccc4)nc(-c4cccc5c4-c4ccccc4C54c5ccccc5-c5ccccc54)n3)cc2)cc1.c1ccc(-c2cccc(-c3nc(-c4ccccc4)nc(-c4cccc5c4-c4ccccc4C54c5ccccc5-c5ccccc54)n3)c2)cc1. The molecule has 3 aromatic heterocycles. The van der Waals surface area contributed by atoms with Gasteiger partial charge in [0.15, 0.2) is 52.4 Å². The zero-order valence-electron chi connectivity index (χ0n) is 80.7. The predicted octanol–water partition coefficient (Wildman–Crippen LogP) is 32.6. The van der Waals surface area contributed by atoms with E-state index in [9.17, 15) is 0 Å². The molecule has 0 saturated carbocycles. The Balaban J connectivity index is 0.000000107. The van der Waals surface area contributed by atoms with E-state index in [2.05, 4.69) is 413 Å². The van der Waals surface area contributed by atoms with Crippen molar-refractivity contribution in [3.05, 3.63) is 595 Å². The lowest BCUT2D eigenvalue weighted by Crippen LogP contribution is -2.25. The van der Waals surface area contributed by atoms with E-state index in [1.54, 1.807) is 0 Å². The highest BCUT2D eigenvalue weighted by Gasteiger charge is 2.56. The van der Waals surface area contributed by atoms with Crippen LogP contribution >= 0.6 is 0 Å². The van der Waals surface area contributed by atoms with Gasteiger partial charge in [0.05, 0.1) is 17.6 Å². The van der Waals surface area contributed by atoms with E-state index >= 15 is 0 Å². The minimum absolute atomic E-state index is 0.402. The van der Waals surface area contributed by atoms with Gasteiger partial charge >= 0.3 is 0 Å². The Kier molecular flexibility index (Phi) is 20.2. The fourth-order valence-corrected chi connectivity index (χ4v) is 24.3. The lowest BCUT2D eigenvalue weighted by Gasteiger charge is -2.30. The summed E-state index contributed by atoms with van der Waals surface area (Å²) in [7, 11) is 0. The monoisotopic (exact) mass is 1870 g/mol. The molecule has 0 fully saturated rings. The molecular weight excluding hydrogens is 1780 g/mol. The molecule has 3 spiro atoms. The largest absolute Gasteiger partial charge is 0.208 e. The molecule has 0 unspecified atom stereocenters. The minimum atomic E-state index is -0.461. The van der Waals surface area contributed by atoms with Gasteiger partial charge in [-0.15, -0.1) is 0 Å². The van der Waals surface area contributed by atoms with Gasteiger partial charge in [0.25, 0.3) is 0 Å². The van der Waals surface area contributed by atoms with E-state index in [-0.39, 0.29) is 0 Å². The van der Waals surface area contributed by atoms with Gasteiger partial charge < -0.3 is 0 Å². The number of hydrogen-bond donors (Lipinski definition) is 0. The van der Waals surface area contributed by atoms with Gasteiger partial charge in [0, 0.05) is 50.1 Å². The molecule has 21 aromatic carbocycles. The molecule has 24 aromatic rings. The Morgan fingerprint density at radius 1 is 0.116 bits per heavy atom. The standard InChI is InChI=1S/3C46H29N3/c2*1-3-15-30(16-4-1)32-19-13-20-33(29-32)44-47-43(31-17-5-2-6-18-31)48-45(49-44)37-24-14-28-41-42(37)36-23-9-12-27-40(36)46(41)38-25-10-7-21-34(38)35-22-8-11-26-39(35)46;1-3-14-30(15-4-1)31-26-28-33(29-27-31)44-47-43(32-16-5-2-6-17-32)48-45(49-44)37-21-13-25-41-42(37)36-20-9-12-24-40(36)46(41)38-22-10-7-18-34(38)35-19-8-11-23-39(35)46/h3*1-29H/i13D;;. The van der Waals surface area contributed by atoms with Crippen LogP contribution in [-0.4, -0.2) is 44.9 Å². The van der Waals surface area contributed by atoms with Gasteiger partial charge in [0.1, 0.15) is 0 Å². The summed E-state index contributed by atoms with van der Waals surface area (Å²) in [5.41, 5.74) is 44.1. The van der Waals surface area contributed by atoms with Crippen LogP contribution in [0.1, 0.15) is 68.1 Å². The molecule has 6 aliphatic rings. The van der Waals surface area contributed by atoms with Crippen LogP contribution in [0, 0.1) is 0 Å². The summed E-state index contributed by atoms with van der Waals surface area (Å²) in [6, 6.07) is 184. The van der Waals surface area contributed by atoms with Crippen molar-refractivity contribution in [2.45, 2.75) is 16.2 Å². The van der Waals surface area contributed by atoms with Crippen molar-refractivity contribution >= 4 is 0 Å². The average Bonchev–Trinajstić information content (AvgIpc) is 1.51. The Labute approximate surface area is 853 Å². The Hall–Kier alpha value is -19.4. The van der Waals surface area contributed by atoms with Crippen LogP contribution in [-0.2, 0) is 16.2 Å². The third-order valence-corrected chi connectivity index (χ3v) is 30.4. The summed E-state index contributed by atoms with van der Waals surface area (Å²) in [4.78, 5) is 46.5. The Morgan fingerprint density at radius 2 is 0.279 bits per heavy atom. The van der Waals surface area contributed by atoms with E-state index in [1.165, 1.54) is 134 Å². The molecule has 0 aliphatic heterocycles. The van der Waals surface area contributed by atoms with Crippen LogP contribution in [0.3, 0.4) is 0 Å². The second-order valence-electron chi connectivity index (χ2n) is 38.1. The molecule has 0 amide bonds. The quantitative estimate of drug-likeness (QED) is 0.118. The summed E-state index contributed by atoms with van der Waals surface area (Å²) in [6.07, 6.45) is 0. The van der Waals surface area contributed by atoms with Crippen molar-refractivity contribution in [2.75, 3.05) is 0 Å². The highest BCUT2D eigenvalue weighted by atomic mass is 15.1. The molecule has 3 heterocycles. The maximum atomic E-state index is 8.73. The first-order chi connectivity index (χ1) is 73.3. The van der Waals surface area contributed by atoms with Gasteiger partial charge in [-0.25, -0.2) is 44.9 Å². The van der Waals surface area contributed by atoms with Crippen LogP contribution in [0.15, 0.2) is 528 Å². The summed E-state index contributed by atoms with van der Waals surface area (Å²) in [5, 5.41) is 0. The number of fused-ring (bicyclic) bond motifs is 30. The molecule has 30 rings (SSSR count). The molecule has 0 atom stereocenters. The first-order valence-electron chi connectivity index (χ1n) is 50.5. The smallest absolute Gasteiger partial charge is 0.164 e. The van der Waals surface area contributed by atoms with Crippen LogP contribution in [0.5, 0.6) is 0 Å². The number of nitrogens with zero attached hydrogens (tertiary/aromatic N) is 9. The Morgan fingerprint density at radius 3 is 0.571 bits per heavy atom. The van der Waals surface area contributed by atoms with Gasteiger partial charge in [-0.05, 0) is 179 Å². The molecule has 147 heavy (non-hydrogen) atoms. The van der Waals surface area contributed by atoms with Crippen molar-refractivity contribution in [2.24, 2.45) is 0 Å². The van der Waals surface area contributed by atoms with E-state index in [4.69, 9.17) is 46.2 Å². The van der Waals surface area contributed by atoms with Crippen molar-refractivity contribution < 1.29 is 1.37 Å². The molecule has 684 valence electrons.